The third-order valence-electron chi connectivity index (χ3n) is 3.27. The first kappa shape index (κ1) is 20.8. The number of carbonyl (C=O) groups excluding carboxylic acids is 1. The predicted octanol–water partition coefficient (Wildman–Crippen LogP) is 1.57. The van der Waals surface area contributed by atoms with Gasteiger partial charge in [-0.25, -0.2) is 4.79 Å². The van der Waals surface area contributed by atoms with Gasteiger partial charge in [0.1, 0.15) is 11.4 Å². The molecule has 8 nitrogen and oxygen atoms in total. The van der Waals surface area contributed by atoms with E-state index in [0.717, 1.165) is 5.76 Å². The molecule has 1 aromatic heterocycles. The molecule has 0 aromatic carbocycles. The number of rotatable bonds is 7. The quantitative estimate of drug-likeness (QED) is 0.392. The van der Waals surface area contributed by atoms with Crippen LogP contribution in [0.1, 0.15) is 32.6 Å². The summed E-state index contributed by atoms with van der Waals surface area (Å²) in [5, 5.41) is 9.10. The molecule has 8 heteroatoms. The molecule has 3 N–H and O–H groups in total. The number of nitrogens with zero attached hydrogens (tertiary/aromatic N) is 2. The zero-order valence-corrected chi connectivity index (χ0v) is 16.0. The minimum Gasteiger partial charge on any atom is -0.468 e. The second kappa shape index (κ2) is 9.93. The van der Waals surface area contributed by atoms with Crippen molar-refractivity contribution in [1.82, 2.24) is 20.9 Å². The highest BCUT2D eigenvalue weighted by atomic mass is 16.6. The molecular formula is C17H31N5O3. The minimum absolute atomic E-state index is 0.0911. The lowest BCUT2D eigenvalue weighted by atomic mass is 10.2. The SMILES string of the molecule is CN=C(NCCNC(=O)OC(C)(C)C)NCC(c1ccco1)N(C)C. The third kappa shape index (κ3) is 8.44. The smallest absolute Gasteiger partial charge is 0.407 e. The van der Waals surface area contributed by atoms with Crippen LogP contribution in [0.2, 0.25) is 0 Å². The monoisotopic (exact) mass is 353 g/mol. The van der Waals surface area contributed by atoms with Crippen LogP contribution in [0.15, 0.2) is 27.8 Å². The number of ether oxygens (including phenoxy) is 1. The van der Waals surface area contributed by atoms with Gasteiger partial charge >= 0.3 is 6.09 Å². The topological polar surface area (TPSA) is 91.1 Å². The molecule has 0 fully saturated rings. The maximum absolute atomic E-state index is 11.6. The number of alkyl carbamates (subject to hydrolysis) is 1. The summed E-state index contributed by atoms with van der Waals surface area (Å²) >= 11 is 0. The molecular weight excluding hydrogens is 322 g/mol. The molecule has 0 aliphatic carbocycles. The number of likely N-dealkylation sites (N-methyl/N-ethyl adjacent to an activating group) is 1. The molecule has 1 aromatic rings. The van der Waals surface area contributed by atoms with E-state index in [4.69, 9.17) is 9.15 Å². The zero-order valence-electron chi connectivity index (χ0n) is 16.0. The maximum Gasteiger partial charge on any atom is 0.407 e. The first-order valence-electron chi connectivity index (χ1n) is 8.34. The lowest BCUT2D eigenvalue weighted by molar-refractivity contribution is 0.0529. The van der Waals surface area contributed by atoms with E-state index in [2.05, 4.69) is 25.8 Å². The number of guanidine groups is 1. The number of aliphatic imine (C=N–C) groups is 1. The Balaban J connectivity index is 2.34. The van der Waals surface area contributed by atoms with Crippen LogP contribution in [0, 0.1) is 0 Å². The van der Waals surface area contributed by atoms with Gasteiger partial charge in [0.2, 0.25) is 0 Å². The summed E-state index contributed by atoms with van der Waals surface area (Å²) in [5.74, 6) is 1.55. The Morgan fingerprint density at radius 3 is 2.48 bits per heavy atom. The number of nitrogens with one attached hydrogen (secondary N) is 3. The number of carbonyl (C=O) groups is 1. The first-order valence-corrected chi connectivity index (χ1v) is 8.34. The van der Waals surface area contributed by atoms with E-state index in [1.54, 1.807) is 13.3 Å². The van der Waals surface area contributed by atoms with Gasteiger partial charge in [0.15, 0.2) is 5.96 Å². The molecule has 1 amide bonds. The van der Waals surface area contributed by atoms with Crippen LogP contribution in [0.4, 0.5) is 4.79 Å². The van der Waals surface area contributed by atoms with E-state index in [1.165, 1.54) is 0 Å². The molecule has 0 saturated carbocycles. The van der Waals surface area contributed by atoms with Crippen molar-refractivity contribution in [2.75, 3.05) is 40.8 Å². The van der Waals surface area contributed by atoms with Crippen molar-refractivity contribution in [2.24, 2.45) is 4.99 Å². The highest BCUT2D eigenvalue weighted by Gasteiger charge is 2.17. The largest absolute Gasteiger partial charge is 0.468 e. The first-order chi connectivity index (χ1) is 11.7. The zero-order chi connectivity index (χ0) is 18.9. The molecule has 1 heterocycles. The Hall–Kier alpha value is -2.22. The van der Waals surface area contributed by atoms with E-state index >= 15 is 0 Å². The summed E-state index contributed by atoms with van der Waals surface area (Å²) in [7, 11) is 5.69. The molecule has 0 saturated heterocycles. The standard InChI is InChI=1S/C17H31N5O3/c1-17(2,3)25-16(23)20-10-9-19-15(18-4)21-12-13(22(5)6)14-8-7-11-24-14/h7-8,11,13H,9-10,12H2,1-6H3,(H,20,23)(H2,18,19,21). The van der Waals surface area contributed by atoms with Crippen LogP contribution in [0.25, 0.3) is 0 Å². The minimum atomic E-state index is -0.498. The van der Waals surface area contributed by atoms with Gasteiger partial charge in [0.05, 0.1) is 12.3 Å². The van der Waals surface area contributed by atoms with Crippen LogP contribution in [-0.4, -0.2) is 63.3 Å². The summed E-state index contributed by atoms with van der Waals surface area (Å²) in [5.41, 5.74) is -0.498. The Morgan fingerprint density at radius 2 is 1.96 bits per heavy atom. The highest BCUT2D eigenvalue weighted by molar-refractivity contribution is 5.79. The van der Waals surface area contributed by atoms with Gasteiger partial charge in [-0.05, 0) is 47.0 Å². The van der Waals surface area contributed by atoms with Crippen molar-refractivity contribution in [3.05, 3.63) is 24.2 Å². The van der Waals surface area contributed by atoms with Crippen LogP contribution in [0.5, 0.6) is 0 Å². The summed E-state index contributed by atoms with van der Waals surface area (Å²) in [6.07, 6.45) is 1.24. The van der Waals surface area contributed by atoms with Crippen molar-refractivity contribution < 1.29 is 13.9 Å². The Bertz CT molecular complexity index is 535. The Kier molecular flexibility index (Phi) is 8.27. The summed E-state index contributed by atoms with van der Waals surface area (Å²) in [6, 6.07) is 3.92. The van der Waals surface area contributed by atoms with Gasteiger partial charge in [-0.3, -0.25) is 9.89 Å². The fraction of sp³-hybridized carbons (Fsp3) is 0.647. The fourth-order valence-corrected chi connectivity index (χ4v) is 2.09. The molecule has 0 aliphatic rings. The number of amides is 1. The average Bonchev–Trinajstić information content (AvgIpc) is 3.01. The van der Waals surface area contributed by atoms with Crippen LogP contribution < -0.4 is 16.0 Å². The second-order valence-corrected chi connectivity index (χ2v) is 6.80. The number of hydrogen-bond acceptors (Lipinski definition) is 5. The van der Waals surface area contributed by atoms with Crippen molar-refractivity contribution in [2.45, 2.75) is 32.4 Å². The van der Waals surface area contributed by atoms with Crippen LogP contribution >= 0.6 is 0 Å². The third-order valence-corrected chi connectivity index (χ3v) is 3.27. The molecule has 0 bridgehead atoms. The van der Waals surface area contributed by atoms with Gasteiger partial charge in [0.25, 0.3) is 0 Å². The van der Waals surface area contributed by atoms with E-state index in [9.17, 15) is 4.79 Å². The Morgan fingerprint density at radius 1 is 1.28 bits per heavy atom. The molecule has 0 aliphatic heterocycles. The summed E-state index contributed by atoms with van der Waals surface area (Å²) < 4.78 is 10.7. The number of hydrogen-bond donors (Lipinski definition) is 3. The van der Waals surface area contributed by atoms with E-state index < -0.39 is 11.7 Å². The van der Waals surface area contributed by atoms with Crippen molar-refractivity contribution >= 4 is 12.1 Å². The maximum atomic E-state index is 11.6. The molecule has 142 valence electrons. The Labute approximate surface area is 150 Å². The van der Waals surface area contributed by atoms with Crippen LogP contribution in [0.3, 0.4) is 0 Å². The molecule has 1 unspecified atom stereocenters. The van der Waals surface area contributed by atoms with Gasteiger partial charge in [-0.15, -0.1) is 0 Å². The van der Waals surface area contributed by atoms with Crippen molar-refractivity contribution in [1.29, 1.82) is 0 Å². The van der Waals surface area contributed by atoms with E-state index in [0.29, 0.717) is 25.6 Å². The van der Waals surface area contributed by atoms with Crippen LogP contribution in [-0.2, 0) is 4.74 Å². The van der Waals surface area contributed by atoms with Gasteiger partial charge in [-0.1, -0.05) is 0 Å². The summed E-state index contributed by atoms with van der Waals surface area (Å²) in [4.78, 5) is 17.8. The molecule has 25 heavy (non-hydrogen) atoms. The fourth-order valence-electron chi connectivity index (χ4n) is 2.09. The van der Waals surface area contributed by atoms with Gasteiger partial charge in [0, 0.05) is 26.7 Å². The second-order valence-electron chi connectivity index (χ2n) is 6.80. The lowest BCUT2D eigenvalue weighted by Crippen LogP contribution is -2.44. The van der Waals surface area contributed by atoms with Gasteiger partial charge < -0.3 is 25.1 Å². The highest BCUT2D eigenvalue weighted by Crippen LogP contribution is 2.17. The van der Waals surface area contributed by atoms with E-state index in [1.807, 2.05) is 47.0 Å². The predicted molar refractivity (Wildman–Crippen MR) is 98.7 cm³/mol. The summed E-state index contributed by atoms with van der Waals surface area (Å²) in [6.45, 7) is 7.10. The van der Waals surface area contributed by atoms with Gasteiger partial charge in [-0.2, -0.15) is 0 Å². The van der Waals surface area contributed by atoms with Crippen molar-refractivity contribution in [3.8, 4) is 0 Å². The lowest BCUT2D eigenvalue weighted by Gasteiger charge is -2.24. The molecule has 0 radical (unpaired) electrons. The normalized spacial score (nSPS) is 13.5. The molecule has 0 spiro atoms. The molecule has 1 atom stereocenters. The molecule has 1 rings (SSSR count). The van der Waals surface area contributed by atoms with Crippen molar-refractivity contribution in [3.63, 3.8) is 0 Å². The average molecular weight is 353 g/mol. The number of furan rings is 1. The van der Waals surface area contributed by atoms with E-state index in [-0.39, 0.29) is 6.04 Å².